The van der Waals surface area contributed by atoms with Crippen molar-refractivity contribution in [1.82, 2.24) is 5.43 Å². The lowest BCUT2D eigenvalue weighted by atomic mass is 10.2. The summed E-state index contributed by atoms with van der Waals surface area (Å²) in [6.07, 6.45) is 2.53. The summed E-state index contributed by atoms with van der Waals surface area (Å²) in [6.45, 7) is 2.75. The number of ether oxygens (including phenoxy) is 3. The van der Waals surface area contributed by atoms with Crippen LogP contribution in [0.5, 0.6) is 17.2 Å². The van der Waals surface area contributed by atoms with Crippen molar-refractivity contribution in [2.75, 3.05) is 20.8 Å². The van der Waals surface area contributed by atoms with Crippen molar-refractivity contribution in [3.05, 3.63) is 53.6 Å². The molecule has 0 aliphatic heterocycles. The monoisotopic (exact) mass is 342 g/mol. The van der Waals surface area contributed by atoms with Gasteiger partial charge in [-0.1, -0.05) is 6.92 Å². The first kappa shape index (κ1) is 18.3. The molecular weight excluding hydrogens is 320 g/mol. The Bertz CT molecular complexity index is 704. The van der Waals surface area contributed by atoms with Crippen LogP contribution in [0.25, 0.3) is 0 Å². The van der Waals surface area contributed by atoms with Crippen LogP contribution in [0, 0.1) is 0 Å². The predicted octanol–water partition coefficient (Wildman–Crippen LogP) is 3.26. The Kier molecular flexibility index (Phi) is 6.83. The van der Waals surface area contributed by atoms with Gasteiger partial charge in [0.15, 0.2) is 0 Å². The molecule has 1 N–H and O–H groups in total. The lowest BCUT2D eigenvalue weighted by molar-refractivity contribution is 0.0954. The first-order valence-electron chi connectivity index (χ1n) is 7.95. The Morgan fingerprint density at radius 2 is 1.68 bits per heavy atom. The molecule has 0 fully saturated rings. The first-order chi connectivity index (χ1) is 12.2. The third-order valence-electron chi connectivity index (χ3n) is 3.35. The van der Waals surface area contributed by atoms with E-state index in [1.54, 1.807) is 24.4 Å². The summed E-state index contributed by atoms with van der Waals surface area (Å²) in [5.74, 6) is 1.54. The van der Waals surface area contributed by atoms with Gasteiger partial charge in [0, 0.05) is 11.6 Å². The summed E-state index contributed by atoms with van der Waals surface area (Å²) in [7, 11) is 3.06. The third kappa shape index (κ3) is 5.53. The fraction of sp³-hybridized carbons (Fsp3) is 0.263. The molecule has 0 aliphatic rings. The summed E-state index contributed by atoms with van der Waals surface area (Å²) >= 11 is 0. The van der Waals surface area contributed by atoms with Gasteiger partial charge in [-0.2, -0.15) is 5.10 Å². The number of hydrogen-bond donors (Lipinski definition) is 1. The quantitative estimate of drug-likeness (QED) is 0.590. The molecule has 0 heterocycles. The number of hydrazone groups is 1. The maximum atomic E-state index is 12.2. The van der Waals surface area contributed by atoms with E-state index in [4.69, 9.17) is 14.2 Å². The zero-order valence-electron chi connectivity index (χ0n) is 14.6. The second kappa shape index (κ2) is 9.32. The lowest BCUT2D eigenvalue weighted by Crippen LogP contribution is -2.17. The number of amides is 1. The highest BCUT2D eigenvalue weighted by Crippen LogP contribution is 2.22. The Hall–Kier alpha value is -3.02. The van der Waals surface area contributed by atoms with Gasteiger partial charge in [-0.05, 0) is 48.4 Å². The molecule has 0 aliphatic carbocycles. The van der Waals surface area contributed by atoms with Gasteiger partial charge < -0.3 is 14.2 Å². The minimum absolute atomic E-state index is 0.351. The van der Waals surface area contributed by atoms with E-state index in [1.165, 1.54) is 14.2 Å². The fourth-order valence-electron chi connectivity index (χ4n) is 2.04. The molecule has 2 aromatic carbocycles. The van der Waals surface area contributed by atoms with E-state index in [0.29, 0.717) is 23.7 Å². The number of rotatable bonds is 8. The minimum Gasteiger partial charge on any atom is -0.497 e. The van der Waals surface area contributed by atoms with Crippen LogP contribution in [0.2, 0.25) is 0 Å². The second-order valence-corrected chi connectivity index (χ2v) is 5.22. The van der Waals surface area contributed by atoms with Crippen molar-refractivity contribution < 1.29 is 19.0 Å². The van der Waals surface area contributed by atoms with Crippen LogP contribution in [-0.2, 0) is 0 Å². The standard InChI is InChI=1S/C19H22N2O4/c1-4-9-25-16-7-5-14(6-8-16)13-20-21-19(22)15-10-17(23-2)12-18(11-15)24-3/h5-8,10-13H,4,9H2,1-3H3,(H,21,22)/b20-13-. The topological polar surface area (TPSA) is 69.2 Å². The van der Waals surface area contributed by atoms with Gasteiger partial charge in [-0.3, -0.25) is 4.79 Å². The molecule has 6 heteroatoms. The molecule has 1 amide bonds. The van der Waals surface area contributed by atoms with Crippen LogP contribution >= 0.6 is 0 Å². The van der Waals surface area contributed by atoms with E-state index in [9.17, 15) is 4.79 Å². The first-order valence-corrected chi connectivity index (χ1v) is 7.95. The Balaban J connectivity index is 1.98. The highest BCUT2D eigenvalue weighted by atomic mass is 16.5. The van der Waals surface area contributed by atoms with Crippen LogP contribution in [0.4, 0.5) is 0 Å². The highest BCUT2D eigenvalue weighted by molar-refractivity contribution is 5.95. The van der Waals surface area contributed by atoms with E-state index in [-0.39, 0.29) is 5.91 Å². The second-order valence-electron chi connectivity index (χ2n) is 5.22. The number of hydrogen-bond acceptors (Lipinski definition) is 5. The van der Waals surface area contributed by atoms with Crippen molar-refractivity contribution >= 4 is 12.1 Å². The van der Waals surface area contributed by atoms with Crippen LogP contribution in [0.3, 0.4) is 0 Å². The maximum Gasteiger partial charge on any atom is 0.271 e. The van der Waals surface area contributed by atoms with Crippen LogP contribution < -0.4 is 19.6 Å². The van der Waals surface area contributed by atoms with Gasteiger partial charge in [0.25, 0.3) is 5.91 Å². The average molecular weight is 342 g/mol. The summed E-state index contributed by atoms with van der Waals surface area (Å²) in [6, 6.07) is 12.4. The SMILES string of the molecule is CCCOc1ccc(/C=N\NC(=O)c2cc(OC)cc(OC)c2)cc1. The molecule has 0 atom stereocenters. The molecule has 0 saturated carbocycles. The molecule has 0 bridgehead atoms. The molecule has 132 valence electrons. The van der Waals surface area contributed by atoms with Gasteiger partial charge in [0.2, 0.25) is 0 Å². The van der Waals surface area contributed by atoms with Crippen molar-refractivity contribution in [1.29, 1.82) is 0 Å². The molecular formula is C19H22N2O4. The highest BCUT2D eigenvalue weighted by Gasteiger charge is 2.09. The van der Waals surface area contributed by atoms with E-state index in [2.05, 4.69) is 17.5 Å². The molecule has 2 aromatic rings. The van der Waals surface area contributed by atoms with Crippen LogP contribution in [-0.4, -0.2) is 32.9 Å². The lowest BCUT2D eigenvalue weighted by Gasteiger charge is -2.07. The number of benzene rings is 2. The molecule has 0 unspecified atom stereocenters. The van der Waals surface area contributed by atoms with Crippen molar-refractivity contribution in [2.45, 2.75) is 13.3 Å². The number of nitrogens with zero attached hydrogens (tertiary/aromatic N) is 1. The van der Waals surface area contributed by atoms with Gasteiger partial charge >= 0.3 is 0 Å². The smallest absolute Gasteiger partial charge is 0.271 e. The maximum absolute atomic E-state index is 12.2. The van der Waals surface area contributed by atoms with Crippen molar-refractivity contribution in [2.24, 2.45) is 5.10 Å². The normalized spacial score (nSPS) is 10.5. The Labute approximate surface area is 147 Å². The minimum atomic E-state index is -0.351. The van der Waals surface area contributed by atoms with E-state index in [0.717, 1.165) is 17.7 Å². The zero-order valence-corrected chi connectivity index (χ0v) is 14.6. The number of nitrogens with one attached hydrogen (secondary N) is 1. The molecule has 0 saturated heterocycles. The average Bonchev–Trinajstić information content (AvgIpc) is 2.66. The van der Waals surface area contributed by atoms with Crippen molar-refractivity contribution in [3.8, 4) is 17.2 Å². The summed E-state index contributed by atoms with van der Waals surface area (Å²) in [5, 5.41) is 3.97. The van der Waals surface area contributed by atoms with E-state index >= 15 is 0 Å². The largest absolute Gasteiger partial charge is 0.497 e. The van der Waals surface area contributed by atoms with Gasteiger partial charge in [0.05, 0.1) is 27.0 Å². The number of carbonyl (C=O) groups excluding carboxylic acids is 1. The summed E-state index contributed by atoms with van der Waals surface area (Å²) in [5.41, 5.74) is 3.74. The summed E-state index contributed by atoms with van der Waals surface area (Å²) < 4.78 is 15.8. The predicted molar refractivity (Wildman–Crippen MR) is 96.8 cm³/mol. The third-order valence-corrected chi connectivity index (χ3v) is 3.35. The van der Waals surface area contributed by atoms with E-state index in [1.807, 2.05) is 24.3 Å². The molecule has 0 spiro atoms. The Morgan fingerprint density at radius 3 is 2.24 bits per heavy atom. The van der Waals surface area contributed by atoms with Crippen LogP contribution in [0.1, 0.15) is 29.3 Å². The fourth-order valence-corrected chi connectivity index (χ4v) is 2.04. The van der Waals surface area contributed by atoms with Gasteiger partial charge in [0.1, 0.15) is 17.2 Å². The van der Waals surface area contributed by atoms with Gasteiger partial charge in [-0.15, -0.1) is 0 Å². The van der Waals surface area contributed by atoms with Crippen LogP contribution in [0.15, 0.2) is 47.6 Å². The van der Waals surface area contributed by atoms with Crippen molar-refractivity contribution in [3.63, 3.8) is 0 Å². The van der Waals surface area contributed by atoms with E-state index < -0.39 is 0 Å². The molecule has 25 heavy (non-hydrogen) atoms. The Morgan fingerprint density at radius 1 is 1.04 bits per heavy atom. The number of carbonyl (C=O) groups is 1. The molecule has 2 rings (SSSR count). The number of methoxy groups -OCH3 is 2. The molecule has 6 nitrogen and oxygen atoms in total. The zero-order chi connectivity index (χ0) is 18.1. The molecule has 0 aromatic heterocycles. The van der Waals surface area contributed by atoms with Gasteiger partial charge in [-0.25, -0.2) is 5.43 Å². The summed E-state index contributed by atoms with van der Waals surface area (Å²) in [4.78, 5) is 12.2. The molecule has 0 radical (unpaired) electrons.